The first-order chi connectivity index (χ1) is 10.4. The summed E-state index contributed by atoms with van der Waals surface area (Å²) in [6.45, 7) is -8.09. The first kappa shape index (κ1) is 21.6. The van der Waals surface area contributed by atoms with Crippen molar-refractivity contribution in [2.45, 2.75) is 16.6 Å². The molecule has 0 aliphatic rings. The summed E-state index contributed by atoms with van der Waals surface area (Å²) in [5.74, 6) is 0. The molecule has 10 heteroatoms. The molecular formula is C12H27NO9. The van der Waals surface area contributed by atoms with Crippen LogP contribution in [0.25, 0.3) is 0 Å². The van der Waals surface area contributed by atoms with E-state index in [0.29, 0.717) is 0 Å². The van der Waals surface area contributed by atoms with Crippen LogP contribution >= 0.6 is 0 Å². The van der Waals surface area contributed by atoms with Gasteiger partial charge in [0.1, 0.15) is 0 Å². The van der Waals surface area contributed by atoms with E-state index < -0.39 is 76.1 Å². The molecule has 0 fully saturated rings. The summed E-state index contributed by atoms with van der Waals surface area (Å²) in [5.41, 5.74) is -5.83. The van der Waals surface area contributed by atoms with E-state index in [2.05, 4.69) is 0 Å². The molecule has 0 aromatic heterocycles. The molecule has 0 heterocycles. The number of rotatable bonds is 12. The number of hydrogen-bond donors (Lipinski definition) is 9. The molecule has 10 nitrogen and oxygen atoms in total. The summed E-state index contributed by atoms with van der Waals surface area (Å²) in [7, 11) is 0. The summed E-state index contributed by atoms with van der Waals surface area (Å²) >= 11 is 0. The van der Waals surface area contributed by atoms with E-state index in [1.54, 1.807) is 0 Å². The smallest absolute Gasteiger partial charge is 0.0919 e. The Labute approximate surface area is 128 Å². The van der Waals surface area contributed by atoms with E-state index in [1.165, 1.54) is 0 Å². The second kappa shape index (κ2) is 9.03. The second-order valence-electron chi connectivity index (χ2n) is 5.43. The summed E-state index contributed by atoms with van der Waals surface area (Å²) in [5, 5.41) is 86.4. The molecular weight excluding hydrogens is 302 g/mol. The molecule has 0 aromatic rings. The largest absolute Gasteiger partial charge is 0.394 e. The maximum Gasteiger partial charge on any atom is 0.0919 e. The minimum Gasteiger partial charge on any atom is -0.394 e. The highest BCUT2D eigenvalue weighted by Gasteiger charge is 2.56. The van der Waals surface area contributed by atoms with E-state index >= 15 is 0 Å². The van der Waals surface area contributed by atoms with Gasteiger partial charge in [-0.2, -0.15) is 0 Å². The van der Waals surface area contributed by atoms with Crippen molar-refractivity contribution in [1.82, 2.24) is 4.90 Å². The van der Waals surface area contributed by atoms with Gasteiger partial charge in [-0.3, -0.25) is 4.90 Å². The van der Waals surface area contributed by atoms with Crippen molar-refractivity contribution in [1.29, 1.82) is 0 Å². The van der Waals surface area contributed by atoms with Crippen LogP contribution in [0.5, 0.6) is 0 Å². The SMILES string of the molecule is OCC(CO)(CO)N(C(CO)(CO)CO)C(CO)(CO)CO. The summed E-state index contributed by atoms with van der Waals surface area (Å²) in [6, 6.07) is 0. The molecule has 0 aromatic carbocycles. The lowest BCUT2D eigenvalue weighted by atomic mass is 9.82. The Morgan fingerprint density at radius 1 is 0.364 bits per heavy atom. The molecule has 134 valence electrons. The van der Waals surface area contributed by atoms with Gasteiger partial charge >= 0.3 is 0 Å². The van der Waals surface area contributed by atoms with E-state index in [4.69, 9.17) is 0 Å². The highest BCUT2D eigenvalue weighted by atomic mass is 16.3. The molecule has 22 heavy (non-hydrogen) atoms. The predicted molar refractivity (Wildman–Crippen MR) is 73.8 cm³/mol. The normalized spacial score (nSPS) is 13.9. The van der Waals surface area contributed by atoms with Gasteiger partial charge in [0, 0.05) is 0 Å². The van der Waals surface area contributed by atoms with Crippen molar-refractivity contribution in [2.24, 2.45) is 0 Å². The van der Waals surface area contributed by atoms with Crippen LogP contribution in [0.1, 0.15) is 0 Å². The molecule has 0 unspecified atom stereocenters. The first-order valence-corrected chi connectivity index (χ1v) is 6.70. The Balaban J connectivity index is 6.42. The summed E-state index contributed by atoms with van der Waals surface area (Å²) in [4.78, 5) is 0.812. The fourth-order valence-electron chi connectivity index (χ4n) is 2.60. The highest BCUT2D eigenvalue weighted by Crippen LogP contribution is 2.34. The highest BCUT2D eigenvalue weighted by molar-refractivity contribution is 5.10. The zero-order valence-corrected chi connectivity index (χ0v) is 12.3. The van der Waals surface area contributed by atoms with E-state index in [1.807, 2.05) is 0 Å². The van der Waals surface area contributed by atoms with E-state index in [0.717, 1.165) is 4.90 Å². The maximum absolute atomic E-state index is 9.60. The predicted octanol–water partition coefficient (Wildman–Crippen LogP) is -5.56. The zero-order chi connectivity index (χ0) is 17.4. The lowest BCUT2D eigenvalue weighted by Gasteiger charge is -2.58. The Bertz CT molecular complexity index is 231. The lowest BCUT2D eigenvalue weighted by molar-refractivity contribution is -0.217. The van der Waals surface area contributed by atoms with Crippen molar-refractivity contribution >= 4 is 0 Å². The number of aliphatic hydroxyl groups is 9. The molecule has 0 atom stereocenters. The van der Waals surface area contributed by atoms with Gasteiger partial charge in [-0.05, 0) is 0 Å². The average molecular weight is 329 g/mol. The van der Waals surface area contributed by atoms with Crippen LogP contribution < -0.4 is 0 Å². The summed E-state index contributed by atoms with van der Waals surface area (Å²) < 4.78 is 0. The quantitative estimate of drug-likeness (QED) is 0.167. The minimum atomic E-state index is -1.94. The van der Waals surface area contributed by atoms with Gasteiger partial charge in [0.25, 0.3) is 0 Å². The van der Waals surface area contributed by atoms with Crippen molar-refractivity contribution in [3.8, 4) is 0 Å². The van der Waals surface area contributed by atoms with Gasteiger partial charge in [-0.25, -0.2) is 0 Å². The third-order valence-corrected chi connectivity index (χ3v) is 4.07. The fourth-order valence-corrected chi connectivity index (χ4v) is 2.60. The van der Waals surface area contributed by atoms with Crippen LogP contribution in [-0.4, -0.2) is 127 Å². The Morgan fingerprint density at radius 3 is 0.591 bits per heavy atom. The standard InChI is InChI=1S/C12H27NO9/c14-1-10(2-15,3-16)13(11(4-17,5-18)6-19)12(7-20,8-21)9-22/h14-22H,1-9H2. The van der Waals surface area contributed by atoms with Gasteiger partial charge in [-0.1, -0.05) is 0 Å². The third-order valence-electron chi connectivity index (χ3n) is 4.07. The Morgan fingerprint density at radius 2 is 0.500 bits per heavy atom. The van der Waals surface area contributed by atoms with Crippen molar-refractivity contribution in [3.05, 3.63) is 0 Å². The van der Waals surface area contributed by atoms with Gasteiger partial charge in [-0.15, -0.1) is 0 Å². The Hall–Kier alpha value is -0.400. The zero-order valence-electron chi connectivity index (χ0n) is 12.3. The molecule has 0 rings (SSSR count). The third kappa shape index (κ3) is 3.41. The van der Waals surface area contributed by atoms with Gasteiger partial charge in [0.2, 0.25) is 0 Å². The van der Waals surface area contributed by atoms with Crippen molar-refractivity contribution < 1.29 is 46.0 Å². The fraction of sp³-hybridized carbons (Fsp3) is 1.00. The molecule has 0 aliphatic heterocycles. The van der Waals surface area contributed by atoms with Crippen LogP contribution in [-0.2, 0) is 0 Å². The van der Waals surface area contributed by atoms with Crippen LogP contribution in [0.3, 0.4) is 0 Å². The second-order valence-corrected chi connectivity index (χ2v) is 5.43. The molecule has 0 spiro atoms. The Kier molecular flexibility index (Phi) is 8.87. The number of aliphatic hydroxyl groups excluding tert-OH is 9. The maximum atomic E-state index is 9.60. The lowest BCUT2D eigenvalue weighted by Crippen LogP contribution is -2.79. The number of hydrogen-bond acceptors (Lipinski definition) is 10. The topological polar surface area (TPSA) is 185 Å². The van der Waals surface area contributed by atoms with Gasteiger partial charge < -0.3 is 46.0 Å². The molecule has 0 saturated heterocycles. The minimum absolute atomic E-state index is 0.812. The van der Waals surface area contributed by atoms with Crippen LogP contribution in [0, 0.1) is 0 Å². The molecule has 0 aliphatic carbocycles. The van der Waals surface area contributed by atoms with Crippen molar-refractivity contribution in [2.75, 3.05) is 59.5 Å². The van der Waals surface area contributed by atoms with E-state index in [-0.39, 0.29) is 0 Å². The molecule has 0 radical (unpaired) electrons. The van der Waals surface area contributed by atoms with Gasteiger partial charge in [0.05, 0.1) is 76.1 Å². The molecule has 9 N–H and O–H groups in total. The van der Waals surface area contributed by atoms with Gasteiger partial charge in [0.15, 0.2) is 0 Å². The number of nitrogens with zero attached hydrogens (tertiary/aromatic N) is 1. The van der Waals surface area contributed by atoms with E-state index in [9.17, 15) is 46.0 Å². The summed E-state index contributed by atoms with van der Waals surface area (Å²) in [6.07, 6.45) is 0. The monoisotopic (exact) mass is 329 g/mol. The van der Waals surface area contributed by atoms with Crippen LogP contribution in [0.4, 0.5) is 0 Å². The molecule has 0 saturated carbocycles. The molecule has 0 amide bonds. The molecule has 0 bridgehead atoms. The van der Waals surface area contributed by atoms with Crippen LogP contribution in [0.15, 0.2) is 0 Å². The first-order valence-electron chi connectivity index (χ1n) is 6.70. The van der Waals surface area contributed by atoms with Crippen LogP contribution in [0.2, 0.25) is 0 Å². The van der Waals surface area contributed by atoms with Crippen molar-refractivity contribution in [3.63, 3.8) is 0 Å². The average Bonchev–Trinajstić information content (AvgIpc) is 2.60.